The molecule has 0 radical (unpaired) electrons. The van der Waals surface area contributed by atoms with E-state index in [0.717, 1.165) is 11.1 Å². The summed E-state index contributed by atoms with van der Waals surface area (Å²) in [5.74, 6) is -1.34. The number of benzene rings is 2. The normalized spacial score (nSPS) is 13.7. The number of anilines is 1. The van der Waals surface area contributed by atoms with Gasteiger partial charge in [0.2, 0.25) is 5.91 Å². The van der Waals surface area contributed by atoms with E-state index in [-0.39, 0.29) is 28.5 Å². The second kappa shape index (κ2) is 6.65. The molecule has 27 heavy (non-hydrogen) atoms. The molecular formula is C22H24N2O3. The van der Waals surface area contributed by atoms with Crippen molar-refractivity contribution < 1.29 is 14.4 Å². The molecule has 1 aliphatic rings. The van der Waals surface area contributed by atoms with Gasteiger partial charge in [-0.1, -0.05) is 52.0 Å². The second-order valence-electron chi connectivity index (χ2n) is 7.58. The predicted molar refractivity (Wildman–Crippen MR) is 105 cm³/mol. The van der Waals surface area contributed by atoms with Gasteiger partial charge in [-0.2, -0.15) is 0 Å². The molecule has 0 bridgehead atoms. The summed E-state index contributed by atoms with van der Waals surface area (Å²) < 4.78 is 0. The van der Waals surface area contributed by atoms with Crippen molar-refractivity contribution in [2.24, 2.45) is 5.73 Å². The first kappa shape index (κ1) is 18.8. The van der Waals surface area contributed by atoms with E-state index in [1.807, 2.05) is 45.9 Å². The number of rotatable bonds is 4. The fourth-order valence-electron chi connectivity index (χ4n) is 3.72. The molecule has 3 rings (SSSR count). The molecule has 2 aromatic rings. The third-order valence-corrected chi connectivity index (χ3v) is 5.08. The van der Waals surface area contributed by atoms with Crippen LogP contribution in [0.1, 0.15) is 87.3 Å². The van der Waals surface area contributed by atoms with Crippen LogP contribution in [0, 0.1) is 6.92 Å². The Hall–Kier alpha value is -2.95. The Balaban J connectivity index is 2.30. The molecule has 0 spiro atoms. The van der Waals surface area contributed by atoms with Crippen molar-refractivity contribution >= 4 is 23.4 Å². The van der Waals surface area contributed by atoms with Crippen LogP contribution >= 0.6 is 0 Å². The van der Waals surface area contributed by atoms with Gasteiger partial charge in [-0.15, -0.1) is 0 Å². The average molecular weight is 364 g/mol. The zero-order valence-corrected chi connectivity index (χ0v) is 16.3. The smallest absolute Gasteiger partial charge is 0.266 e. The van der Waals surface area contributed by atoms with Gasteiger partial charge in [0.05, 0.1) is 22.4 Å². The Morgan fingerprint density at radius 2 is 1.48 bits per heavy atom. The van der Waals surface area contributed by atoms with E-state index in [1.54, 1.807) is 19.1 Å². The third-order valence-electron chi connectivity index (χ3n) is 5.08. The third kappa shape index (κ3) is 2.83. The van der Waals surface area contributed by atoms with Crippen LogP contribution in [-0.4, -0.2) is 17.7 Å². The van der Waals surface area contributed by atoms with Gasteiger partial charge < -0.3 is 5.73 Å². The summed E-state index contributed by atoms with van der Waals surface area (Å²) in [6.07, 6.45) is 0. The van der Waals surface area contributed by atoms with Crippen molar-refractivity contribution in [2.45, 2.75) is 46.5 Å². The van der Waals surface area contributed by atoms with Gasteiger partial charge in [0.1, 0.15) is 0 Å². The number of amides is 3. The number of hydrogen-bond donors (Lipinski definition) is 1. The SMILES string of the molecule is Cc1ccc2c(c1C(N)=O)C(=O)N(c1c(C(C)C)cccc1C(C)C)C2=O. The highest BCUT2D eigenvalue weighted by molar-refractivity contribution is 6.37. The van der Waals surface area contributed by atoms with Gasteiger partial charge >= 0.3 is 0 Å². The number of hydrogen-bond acceptors (Lipinski definition) is 3. The van der Waals surface area contributed by atoms with Crippen LogP contribution in [0.15, 0.2) is 30.3 Å². The van der Waals surface area contributed by atoms with Gasteiger partial charge in [-0.05, 0) is 41.5 Å². The number of nitrogens with two attached hydrogens (primary N) is 1. The van der Waals surface area contributed by atoms with Crippen molar-refractivity contribution in [3.63, 3.8) is 0 Å². The Bertz CT molecular complexity index is 948. The molecule has 0 fully saturated rings. The van der Waals surface area contributed by atoms with Gasteiger partial charge in [0.25, 0.3) is 11.8 Å². The van der Waals surface area contributed by atoms with E-state index < -0.39 is 17.7 Å². The van der Waals surface area contributed by atoms with E-state index in [4.69, 9.17) is 5.73 Å². The van der Waals surface area contributed by atoms with Crippen LogP contribution in [-0.2, 0) is 0 Å². The van der Waals surface area contributed by atoms with Gasteiger partial charge in [0.15, 0.2) is 0 Å². The van der Waals surface area contributed by atoms with E-state index in [1.165, 1.54) is 4.90 Å². The lowest BCUT2D eigenvalue weighted by molar-refractivity contribution is 0.0917. The van der Waals surface area contributed by atoms with Crippen molar-refractivity contribution in [2.75, 3.05) is 4.90 Å². The van der Waals surface area contributed by atoms with Crippen LogP contribution in [0.4, 0.5) is 5.69 Å². The van der Waals surface area contributed by atoms with Gasteiger partial charge in [-0.3, -0.25) is 14.4 Å². The lowest BCUT2D eigenvalue weighted by Gasteiger charge is -2.25. The van der Waals surface area contributed by atoms with E-state index in [9.17, 15) is 14.4 Å². The number of carbonyl (C=O) groups excluding carboxylic acids is 3. The molecule has 0 unspecified atom stereocenters. The molecule has 0 saturated heterocycles. The molecule has 5 nitrogen and oxygen atoms in total. The Morgan fingerprint density at radius 1 is 0.926 bits per heavy atom. The maximum absolute atomic E-state index is 13.3. The summed E-state index contributed by atoms with van der Waals surface area (Å²) >= 11 is 0. The van der Waals surface area contributed by atoms with Crippen LogP contribution in [0.3, 0.4) is 0 Å². The minimum Gasteiger partial charge on any atom is -0.366 e. The molecular weight excluding hydrogens is 340 g/mol. The number of carbonyl (C=O) groups is 3. The fourth-order valence-corrected chi connectivity index (χ4v) is 3.72. The molecule has 1 heterocycles. The highest BCUT2D eigenvalue weighted by Crippen LogP contribution is 2.40. The molecule has 140 valence electrons. The van der Waals surface area contributed by atoms with Crippen molar-refractivity contribution in [3.8, 4) is 0 Å². The Morgan fingerprint density at radius 3 is 1.96 bits per heavy atom. The monoisotopic (exact) mass is 364 g/mol. The maximum Gasteiger partial charge on any atom is 0.266 e. The topological polar surface area (TPSA) is 80.5 Å². The molecule has 3 amide bonds. The van der Waals surface area contributed by atoms with E-state index in [0.29, 0.717) is 11.3 Å². The predicted octanol–water partition coefficient (Wildman–Crippen LogP) is 4.14. The number of fused-ring (bicyclic) bond motifs is 1. The molecule has 1 aliphatic heterocycles. The lowest BCUT2D eigenvalue weighted by atomic mass is 9.92. The molecule has 2 N–H and O–H groups in total. The fraction of sp³-hybridized carbons (Fsp3) is 0.318. The molecule has 0 saturated carbocycles. The highest BCUT2D eigenvalue weighted by Gasteiger charge is 2.42. The summed E-state index contributed by atoms with van der Waals surface area (Å²) in [6.45, 7) is 9.82. The first-order chi connectivity index (χ1) is 12.7. The molecule has 0 atom stereocenters. The maximum atomic E-state index is 13.3. The summed E-state index contributed by atoms with van der Waals surface area (Å²) in [5, 5.41) is 0. The van der Waals surface area contributed by atoms with Gasteiger partial charge in [-0.25, -0.2) is 4.90 Å². The first-order valence-corrected chi connectivity index (χ1v) is 9.11. The Labute approximate surface area is 159 Å². The number of primary amides is 1. The van der Waals surface area contributed by atoms with Gasteiger partial charge in [0, 0.05) is 0 Å². The zero-order valence-electron chi connectivity index (χ0n) is 16.3. The quantitative estimate of drug-likeness (QED) is 0.828. The first-order valence-electron chi connectivity index (χ1n) is 9.11. The number of nitrogens with zero attached hydrogens (tertiary/aromatic N) is 1. The van der Waals surface area contributed by atoms with Crippen LogP contribution < -0.4 is 10.6 Å². The summed E-state index contributed by atoms with van der Waals surface area (Å²) in [5.41, 5.74) is 9.05. The molecule has 0 aliphatic carbocycles. The largest absolute Gasteiger partial charge is 0.366 e. The van der Waals surface area contributed by atoms with Crippen molar-refractivity contribution in [1.29, 1.82) is 0 Å². The number of aryl methyl sites for hydroxylation is 1. The molecule has 2 aromatic carbocycles. The standard InChI is InChI=1S/C22H24N2O3/c1-11(2)14-7-6-8-15(12(3)4)19(14)24-21(26)16-10-9-13(5)17(20(23)25)18(16)22(24)27/h6-12H,1-5H3,(H2,23,25). The van der Waals surface area contributed by atoms with E-state index in [2.05, 4.69) is 0 Å². The molecule has 5 heteroatoms. The Kier molecular flexibility index (Phi) is 4.64. The average Bonchev–Trinajstić information content (AvgIpc) is 2.84. The molecule has 0 aromatic heterocycles. The van der Waals surface area contributed by atoms with Crippen LogP contribution in [0.25, 0.3) is 0 Å². The van der Waals surface area contributed by atoms with Crippen molar-refractivity contribution in [1.82, 2.24) is 0 Å². The number of imide groups is 1. The van der Waals surface area contributed by atoms with Crippen LogP contribution in [0.2, 0.25) is 0 Å². The highest BCUT2D eigenvalue weighted by atomic mass is 16.2. The zero-order chi connectivity index (χ0) is 20.0. The summed E-state index contributed by atoms with van der Waals surface area (Å²) in [6, 6.07) is 9.09. The minimum atomic E-state index is -0.700. The van der Waals surface area contributed by atoms with Crippen LogP contribution in [0.5, 0.6) is 0 Å². The lowest BCUT2D eigenvalue weighted by Crippen LogP contribution is -2.32. The summed E-state index contributed by atoms with van der Waals surface area (Å²) in [7, 11) is 0. The summed E-state index contributed by atoms with van der Waals surface area (Å²) in [4.78, 5) is 39.7. The number of para-hydroxylation sites is 1. The van der Waals surface area contributed by atoms with E-state index >= 15 is 0 Å². The van der Waals surface area contributed by atoms with Crippen molar-refractivity contribution in [3.05, 3.63) is 63.7 Å². The second-order valence-corrected chi connectivity index (χ2v) is 7.58. The minimum absolute atomic E-state index is 0.112.